The summed E-state index contributed by atoms with van der Waals surface area (Å²) < 4.78 is 2.07. The van der Waals surface area contributed by atoms with E-state index in [1.54, 1.807) is 18.2 Å². The second-order valence-corrected chi connectivity index (χ2v) is 6.89. The van der Waals surface area contributed by atoms with Gasteiger partial charge in [-0.3, -0.25) is 4.79 Å². The van der Waals surface area contributed by atoms with E-state index in [4.69, 9.17) is 23.2 Å². The average Bonchev–Trinajstić information content (AvgIpc) is 2.91. The fraction of sp³-hybridized carbons (Fsp3) is 0.222. The van der Waals surface area contributed by atoms with Gasteiger partial charge in [-0.15, -0.1) is 0 Å². The number of benzene rings is 1. The number of carbonyl (C=O) groups is 1. The molecule has 0 saturated heterocycles. The Balaban J connectivity index is 1.56. The molecule has 0 bridgehead atoms. The van der Waals surface area contributed by atoms with E-state index in [1.807, 2.05) is 24.4 Å². The van der Waals surface area contributed by atoms with Crippen molar-refractivity contribution in [2.75, 3.05) is 5.32 Å². The van der Waals surface area contributed by atoms with Crippen LogP contribution < -0.4 is 5.32 Å². The van der Waals surface area contributed by atoms with Gasteiger partial charge in [0.05, 0.1) is 5.69 Å². The first-order chi connectivity index (χ1) is 11.6. The van der Waals surface area contributed by atoms with Crippen LogP contribution in [0.25, 0.3) is 5.65 Å². The number of anilines is 1. The van der Waals surface area contributed by atoms with Gasteiger partial charge in [0.1, 0.15) is 5.65 Å². The predicted octanol–water partition coefficient (Wildman–Crippen LogP) is 4.38. The van der Waals surface area contributed by atoms with Gasteiger partial charge in [-0.2, -0.15) is 0 Å². The Kier molecular flexibility index (Phi) is 3.94. The van der Waals surface area contributed by atoms with Crippen LogP contribution >= 0.6 is 23.2 Å². The molecule has 24 heavy (non-hydrogen) atoms. The number of aromatic nitrogens is 2. The molecule has 0 fully saturated rings. The number of imidazole rings is 1. The van der Waals surface area contributed by atoms with Gasteiger partial charge >= 0.3 is 0 Å². The highest BCUT2D eigenvalue weighted by atomic mass is 35.5. The number of nitrogens with zero attached hydrogens (tertiary/aromatic N) is 2. The topological polar surface area (TPSA) is 46.4 Å². The lowest BCUT2D eigenvalue weighted by atomic mass is 9.89. The lowest BCUT2D eigenvalue weighted by Gasteiger charge is -2.21. The summed E-state index contributed by atoms with van der Waals surface area (Å²) in [6.07, 6.45) is 4.28. The van der Waals surface area contributed by atoms with E-state index in [0.29, 0.717) is 22.2 Å². The normalized spacial score (nSPS) is 16.8. The van der Waals surface area contributed by atoms with Gasteiger partial charge in [-0.25, -0.2) is 4.98 Å². The highest BCUT2D eigenvalue weighted by Gasteiger charge is 2.28. The summed E-state index contributed by atoms with van der Waals surface area (Å²) in [7, 11) is 0. The maximum atomic E-state index is 12.6. The molecule has 6 heteroatoms. The Hall–Kier alpha value is -2.04. The lowest BCUT2D eigenvalue weighted by molar-refractivity contribution is -0.120. The molecule has 1 amide bonds. The monoisotopic (exact) mass is 359 g/mol. The van der Waals surface area contributed by atoms with Crippen molar-refractivity contribution in [3.8, 4) is 0 Å². The lowest BCUT2D eigenvalue weighted by Crippen LogP contribution is -2.28. The Morgan fingerprint density at radius 2 is 2.00 bits per heavy atom. The second kappa shape index (κ2) is 6.11. The highest BCUT2D eigenvalue weighted by molar-refractivity contribution is 6.35. The third kappa shape index (κ3) is 2.87. The summed E-state index contributed by atoms with van der Waals surface area (Å²) in [4.78, 5) is 17.3. The summed E-state index contributed by atoms with van der Waals surface area (Å²) in [6.45, 7) is 0. The fourth-order valence-electron chi connectivity index (χ4n) is 3.25. The van der Waals surface area contributed by atoms with Crippen molar-refractivity contribution >= 4 is 40.4 Å². The van der Waals surface area contributed by atoms with Crippen LogP contribution in [0.1, 0.15) is 17.8 Å². The average molecular weight is 360 g/mol. The third-order valence-corrected chi connectivity index (χ3v) is 4.82. The minimum absolute atomic E-state index is 0.00938. The maximum Gasteiger partial charge on any atom is 0.227 e. The summed E-state index contributed by atoms with van der Waals surface area (Å²) >= 11 is 12.0. The largest absolute Gasteiger partial charge is 0.326 e. The van der Waals surface area contributed by atoms with E-state index in [1.165, 1.54) is 0 Å². The van der Waals surface area contributed by atoms with Crippen LogP contribution in [-0.2, 0) is 17.6 Å². The van der Waals surface area contributed by atoms with Crippen LogP contribution in [0.3, 0.4) is 0 Å². The van der Waals surface area contributed by atoms with Crippen LogP contribution in [-0.4, -0.2) is 15.3 Å². The Morgan fingerprint density at radius 1 is 1.21 bits per heavy atom. The first-order valence-corrected chi connectivity index (χ1v) is 8.57. The number of hydrogen-bond acceptors (Lipinski definition) is 2. The number of aryl methyl sites for hydroxylation is 1. The molecule has 0 spiro atoms. The zero-order chi connectivity index (χ0) is 16.7. The molecule has 0 saturated carbocycles. The molecule has 122 valence electrons. The Labute approximate surface area is 149 Å². The summed E-state index contributed by atoms with van der Waals surface area (Å²) in [5.41, 5.74) is 3.78. The molecule has 1 aromatic carbocycles. The molecular weight excluding hydrogens is 345 g/mol. The van der Waals surface area contributed by atoms with Crippen molar-refractivity contribution in [3.63, 3.8) is 0 Å². The van der Waals surface area contributed by atoms with Crippen molar-refractivity contribution in [2.45, 2.75) is 19.3 Å². The van der Waals surface area contributed by atoms with Gasteiger partial charge in [0.2, 0.25) is 5.91 Å². The number of halogens is 2. The Morgan fingerprint density at radius 3 is 2.79 bits per heavy atom. The minimum atomic E-state index is -0.0876. The standard InChI is InChI=1S/C18H15Cl2N3O/c19-12-8-13(20)10-14(9-12)21-18(24)11-4-5-15-16(7-11)23-6-2-1-3-17(23)22-15/h1-3,6,8-11H,4-5,7H2,(H,21,24). The molecule has 2 heterocycles. The van der Waals surface area contributed by atoms with E-state index in [0.717, 1.165) is 29.9 Å². The van der Waals surface area contributed by atoms with E-state index >= 15 is 0 Å². The van der Waals surface area contributed by atoms with Crippen molar-refractivity contribution in [1.29, 1.82) is 0 Å². The molecule has 1 aliphatic carbocycles. The molecule has 1 N–H and O–H groups in total. The third-order valence-electron chi connectivity index (χ3n) is 4.38. The maximum absolute atomic E-state index is 12.6. The fourth-order valence-corrected chi connectivity index (χ4v) is 3.78. The van der Waals surface area contributed by atoms with Crippen LogP contribution in [0.15, 0.2) is 42.6 Å². The minimum Gasteiger partial charge on any atom is -0.326 e. The predicted molar refractivity (Wildman–Crippen MR) is 95.8 cm³/mol. The molecule has 4 nitrogen and oxygen atoms in total. The van der Waals surface area contributed by atoms with E-state index in [-0.39, 0.29) is 11.8 Å². The highest BCUT2D eigenvalue weighted by Crippen LogP contribution is 2.28. The van der Waals surface area contributed by atoms with Crippen LogP contribution in [0, 0.1) is 5.92 Å². The zero-order valence-corrected chi connectivity index (χ0v) is 14.3. The van der Waals surface area contributed by atoms with Crippen LogP contribution in [0.4, 0.5) is 5.69 Å². The molecule has 4 rings (SSSR count). The summed E-state index contributed by atoms with van der Waals surface area (Å²) in [5, 5.41) is 3.94. The van der Waals surface area contributed by atoms with Gasteiger partial charge in [-0.1, -0.05) is 29.3 Å². The van der Waals surface area contributed by atoms with E-state index < -0.39 is 0 Å². The number of pyridine rings is 1. The molecule has 1 atom stereocenters. The molecule has 1 unspecified atom stereocenters. The number of nitrogens with one attached hydrogen (secondary N) is 1. The molecule has 0 radical (unpaired) electrons. The van der Waals surface area contributed by atoms with Crippen molar-refractivity contribution in [1.82, 2.24) is 9.38 Å². The SMILES string of the molecule is O=C(Nc1cc(Cl)cc(Cl)c1)C1CCc2nc3ccccn3c2C1. The van der Waals surface area contributed by atoms with Crippen LogP contribution in [0.2, 0.25) is 10.0 Å². The van der Waals surface area contributed by atoms with Gasteiger partial charge in [0.15, 0.2) is 0 Å². The van der Waals surface area contributed by atoms with Crippen LogP contribution in [0.5, 0.6) is 0 Å². The van der Waals surface area contributed by atoms with Gasteiger partial charge < -0.3 is 9.72 Å². The zero-order valence-electron chi connectivity index (χ0n) is 12.8. The smallest absolute Gasteiger partial charge is 0.227 e. The quantitative estimate of drug-likeness (QED) is 0.737. The van der Waals surface area contributed by atoms with Gasteiger partial charge in [0, 0.05) is 40.0 Å². The van der Waals surface area contributed by atoms with E-state index in [9.17, 15) is 4.79 Å². The number of rotatable bonds is 2. The number of carbonyl (C=O) groups excluding carboxylic acids is 1. The number of hydrogen-bond donors (Lipinski definition) is 1. The first-order valence-electron chi connectivity index (χ1n) is 7.82. The molecule has 1 aliphatic rings. The van der Waals surface area contributed by atoms with E-state index in [2.05, 4.69) is 14.7 Å². The molecular formula is C18H15Cl2N3O. The van der Waals surface area contributed by atoms with Crippen molar-refractivity contribution in [2.24, 2.45) is 5.92 Å². The van der Waals surface area contributed by atoms with Crippen molar-refractivity contribution in [3.05, 3.63) is 64.0 Å². The van der Waals surface area contributed by atoms with Crippen molar-refractivity contribution < 1.29 is 4.79 Å². The first kappa shape index (κ1) is 15.5. The summed E-state index contributed by atoms with van der Waals surface area (Å²) in [6, 6.07) is 11.0. The number of amides is 1. The molecule has 3 aromatic rings. The number of fused-ring (bicyclic) bond motifs is 3. The molecule has 0 aliphatic heterocycles. The van der Waals surface area contributed by atoms with Gasteiger partial charge in [0.25, 0.3) is 0 Å². The van der Waals surface area contributed by atoms with Gasteiger partial charge in [-0.05, 0) is 43.2 Å². The summed E-state index contributed by atoms with van der Waals surface area (Å²) in [5.74, 6) is -0.0970. The Bertz CT molecular complexity index is 915. The molecule has 2 aromatic heterocycles. The second-order valence-electron chi connectivity index (χ2n) is 6.02.